The van der Waals surface area contributed by atoms with E-state index in [9.17, 15) is 0 Å². The van der Waals surface area contributed by atoms with Crippen LogP contribution in [0.2, 0.25) is 0 Å². The van der Waals surface area contributed by atoms with E-state index in [-0.39, 0.29) is 12.1 Å². The molecule has 0 amide bonds. The topological polar surface area (TPSA) is 66.6 Å². The molecule has 0 saturated carbocycles. The largest absolute Gasteiger partial charge is 0.485 e. The zero-order valence-corrected chi connectivity index (χ0v) is 12.1. The Morgan fingerprint density at radius 2 is 2.14 bits per heavy atom. The smallest absolute Gasteiger partial charge is 0.212 e. The molecule has 110 valence electrons. The van der Waals surface area contributed by atoms with Crippen molar-refractivity contribution in [2.45, 2.75) is 19.1 Å². The van der Waals surface area contributed by atoms with Gasteiger partial charge in [0.1, 0.15) is 6.61 Å². The molecule has 2 N–H and O–H groups in total. The van der Waals surface area contributed by atoms with Gasteiger partial charge in [-0.25, -0.2) is 4.98 Å². The number of hydrogen-bond donors (Lipinski definition) is 1. The van der Waals surface area contributed by atoms with Crippen LogP contribution in [0, 0.1) is 0 Å². The van der Waals surface area contributed by atoms with Crippen molar-refractivity contribution in [3.05, 3.63) is 47.7 Å². The van der Waals surface area contributed by atoms with E-state index in [4.69, 9.17) is 19.9 Å². The Morgan fingerprint density at radius 3 is 2.81 bits per heavy atom. The van der Waals surface area contributed by atoms with Crippen molar-refractivity contribution < 1.29 is 14.2 Å². The molecule has 5 heteroatoms. The third-order valence-electron chi connectivity index (χ3n) is 3.49. The average Bonchev–Trinajstić information content (AvgIpc) is 2.54. The van der Waals surface area contributed by atoms with Crippen molar-refractivity contribution in [1.29, 1.82) is 0 Å². The lowest BCUT2D eigenvalue weighted by molar-refractivity contribution is 0.0908. The highest BCUT2D eigenvalue weighted by atomic mass is 16.6. The van der Waals surface area contributed by atoms with Crippen LogP contribution in [0.1, 0.15) is 30.2 Å². The number of pyridine rings is 1. The van der Waals surface area contributed by atoms with Crippen molar-refractivity contribution in [3.63, 3.8) is 0 Å². The maximum Gasteiger partial charge on any atom is 0.212 e. The number of nitrogens with zero attached hydrogens (tertiary/aromatic N) is 1. The molecule has 2 heterocycles. The summed E-state index contributed by atoms with van der Waals surface area (Å²) in [7, 11) is 1.59. The minimum atomic E-state index is -0.169. The van der Waals surface area contributed by atoms with Crippen molar-refractivity contribution in [1.82, 2.24) is 4.98 Å². The molecule has 0 fully saturated rings. The number of rotatable bonds is 3. The quantitative estimate of drug-likeness (QED) is 0.939. The van der Waals surface area contributed by atoms with Gasteiger partial charge in [-0.3, -0.25) is 0 Å². The normalized spacial score (nSPS) is 18.1. The van der Waals surface area contributed by atoms with Crippen molar-refractivity contribution in [3.8, 4) is 17.4 Å². The van der Waals surface area contributed by atoms with Gasteiger partial charge in [-0.15, -0.1) is 0 Å². The minimum absolute atomic E-state index is 0.0255. The van der Waals surface area contributed by atoms with Crippen molar-refractivity contribution >= 4 is 0 Å². The average molecular weight is 286 g/mol. The van der Waals surface area contributed by atoms with E-state index in [0.29, 0.717) is 12.5 Å². The second-order valence-corrected chi connectivity index (χ2v) is 5.05. The highest BCUT2D eigenvalue weighted by molar-refractivity contribution is 5.45. The molecule has 2 unspecified atom stereocenters. The molecule has 1 aromatic carbocycles. The van der Waals surface area contributed by atoms with E-state index in [1.54, 1.807) is 13.3 Å². The third kappa shape index (κ3) is 2.78. The Balaban J connectivity index is 1.80. The molecule has 1 aliphatic heterocycles. The Bertz CT molecular complexity index is 626. The Hall–Kier alpha value is -2.27. The number of fused-ring (bicyclic) bond motifs is 1. The summed E-state index contributed by atoms with van der Waals surface area (Å²) in [6.45, 7) is 2.39. The van der Waals surface area contributed by atoms with E-state index in [1.807, 2.05) is 37.3 Å². The summed E-state index contributed by atoms with van der Waals surface area (Å²) in [5.41, 5.74) is 7.86. The van der Waals surface area contributed by atoms with Crippen LogP contribution in [-0.2, 0) is 0 Å². The highest BCUT2D eigenvalue weighted by Gasteiger charge is 2.23. The van der Waals surface area contributed by atoms with Crippen LogP contribution >= 0.6 is 0 Å². The van der Waals surface area contributed by atoms with E-state index in [1.165, 1.54) is 0 Å². The predicted molar refractivity (Wildman–Crippen MR) is 78.7 cm³/mol. The first-order chi connectivity index (χ1) is 10.2. The number of nitrogens with two attached hydrogens (primary N) is 1. The van der Waals surface area contributed by atoms with Gasteiger partial charge in [0, 0.05) is 23.9 Å². The second-order valence-electron chi connectivity index (χ2n) is 5.05. The van der Waals surface area contributed by atoms with Gasteiger partial charge in [0.2, 0.25) is 5.88 Å². The maximum absolute atomic E-state index is 5.98. The number of benzene rings is 1. The standard InChI is InChI=1S/C16H18N2O3/c1-10(17)11-3-5-13-14(7-11)20-9-15(21-13)12-4-6-16(19-2)18-8-12/h3-8,10,15H,9,17H2,1-2H3. The Labute approximate surface area is 123 Å². The van der Waals surface area contributed by atoms with E-state index in [0.717, 1.165) is 22.6 Å². The van der Waals surface area contributed by atoms with Crippen LogP contribution in [0.25, 0.3) is 0 Å². The summed E-state index contributed by atoms with van der Waals surface area (Å²) in [5, 5.41) is 0. The first kappa shape index (κ1) is 13.7. The maximum atomic E-state index is 5.98. The number of ether oxygens (including phenoxy) is 3. The molecule has 0 spiro atoms. The van der Waals surface area contributed by atoms with Gasteiger partial charge in [0.25, 0.3) is 0 Å². The summed E-state index contributed by atoms with van der Waals surface area (Å²) >= 11 is 0. The van der Waals surface area contributed by atoms with Gasteiger partial charge in [-0.2, -0.15) is 0 Å². The molecule has 5 nitrogen and oxygen atoms in total. The summed E-state index contributed by atoms with van der Waals surface area (Å²) in [6.07, 6.45) is 1.57. The van der Waals surface area contributed by atoms with Gasteiger partial charge >= 0.3 is 0 Å². The molecular weight excluding hydrogens is 268 g/mol. The zero-order valence-electron chi connectivity index (χ0n) is 12.1. The first-order valence-electron chi connectivity index (χ1n) is 6.86. The van der Waals surface area contributed by atoms with Gasteiger partial charge in [0.05, 0.1) is 7.11 Å². The lowest BCUT2D eigenvalue weighted by Gasteiger charge is -2.27. The number of methoxy groups -OCH3 is 1. The van der Waals surface area contributed by atoms with E-state index in [2.05, 4.69) is 4.98 Å². The van der Waals surface area contributed by atoms with Crippen LogP contribution in [-0.4, -0.2) is 18.7 Å². The molecule has 0 aliphatic carbocycles. The summed E-state index contributed by atoms with van der Waals surface area (Å²) in [6, 6.07) is 9.51. The lowest BCUT2D eigenvalue weighted by atomic mass is 10.1. The number of aromatic nitrogens is 1. The van der Waals surface area contributed by atoms with Crippen LogP contribution in [0.3, 0.4) is 0 Å². The minimum Gasteiger partial charge on any atom is -0.485 e. The van der Waals surface area contributed by atoms with Crippen molar-refractivity contribution in [2.75, 3.05) is 13.7 Å². The molecule has 0 radical (unpaired) electrons. The van der Waals surface area contributed by atoms with Gasteiger partial charge < -0.3 is 19.9 Å². The van der Waals surface area contributed by atoms with Gasteiger partial charge in [-0.1, -0.05) is 6.07 Å². The Morgan fingerprint density at radius 1 is 1.29 bits per heavy atom. The number of hydrogen-bond acceptors (Lipinski definition) is 5. The van der Waals surface area contributed by atoms with Crippen molar-refractivity contribution in [2.24, 2.45) is 5.73 Å². The van der Waals surface area contributed by atoms with Gasteiger partial charge in [-0.05, 0) is 30.7 Å². The molecule has 2 atom stereocenters. The van der Waals surface area contributed by atoms with Crippen LogP contribution < -0.4 is 19.9 Å². The fourth-order valence-corrected chi connectivity index (χ4v) is 2.24. The van der Waals surface area contributed by atoms with Crippen LogP contribution in [0.4, 0.5) is 0 Å². The monoisotopic (exact) mass is 286 g/mol. The van der Waals surface area contributed by atoms with Crippen LogP contribution in [0.15, 0.2) is 36.5 Å². The molecule has 2 aromatic rings. The van der Waals surface area contributed by atoms with E-state index < -0.39 is 0 Å². The molecule has 21 heavy (non-hydrogen) atoms. The molecule has 0 saturated heterocycles. The first-order valence-corrected chi connectivity index (χ1v) is 6.86. The van der Waals surface area contributed by atoms with Crippen LogP contribution in [0.5, 0.6) is 17.4 Å². The third-order valence-corrected chi connectivity index (χ3v) is 3.49. The lowest BCUT2D eigenvalue weighted by Crippen LogP contribution is -2.22. The highest BCUT2D eigenvalue weighted by Crippen LogP contribution is 2.37. The molecule has 1 aromatic heterocycles. The SMILES string of the molecule is COc1ccc(C2COc3cc(C(C)N)ccc3O2)cn1. The second kappa shape index (κ2) is 5.61. The predicted octanol–water partition coefficient (Wildman–Crippen LogP) is 2.62. The van der Waals surface area contributed by atoms with Gasteiger partial charge in [0.15, 0.2) is 17.6 Å². The van der Waals surface area contributed by atoms with E-state index >= 15 is 0 Å². The molecule has 0 bridgehead atoms. The summed E-state index contributed by atoms with van der Waals surface area (Å²) in [4.78, 5) is 4.19. The molecule has 3 rings (SSSR count). The Kier molecular flexibility index (Phi) is 3.66. The molecular formula is C16H18N2O3. The zero-order chi connectivity index (χ0) is 14.8. The fourth-order valence-electron chi connectivity index (χ4n) is 2.24. The summed E-state index contributed by atoms with van der Waals surface area (Å²) < 4.78 is 16.8. The summed E-state index contributed by atoms with van der Waals surface area (Å²) in [5.74, 6) is 2.05. The fraction of sp³-hybridized carbons (Fsp3) is 0.312. The molecule has 1 aliphatic rings.